The maximum atomic E-state index is 13.5. The molecule has 1 aliphatic rings. The maximum Gasteiger partial charge on any atom is 0.341 e. The Hall–Kier alpha value is -3.85. The van der Waals surface area contributed by atoms with E-state index in [2.05, 4.69) is 5.32 Å². The molecule has 0 spiro atoms. The second-order valence-corrected chi connectivity index (χ2v) is 8.79. The van der Waals surface area contributed by atoms with Crippen LogP contribution in [0.4, 0.5) is 10.7 Å². The first-order valence-corrected chi connectivity index (χ1v) is 12.1. The maximum absolute atomic E-state index is 13.5. The molecule has 0 fully saturated rings. The number of nitrogens with zero attached hydrogens (tertiary/aromatic N) is 1. The van der Waals surface area contributed by atoms with Gasteiger partial charge in [0.15, 0.2) is 0 Å². The molecular weight excluding hydrogens is 468 g/mol. The zero-order valence-corrected chi connectivity index (χ0v) is 20.7. The molecule has 4 rings (SSSR count). The van der Waals surface area contributed by atoms with E-state index in [1.165, 1.54) is 23.2 Å². The summed E-state index contributed by atoms with van der Waals surface area (Å²) in [7, 11) is 1.57. The Morgan fingerprint density at radius 3 is 2.49 bits per heavy atom. The van der Waals surface area contributed by atoms with Crippen molar-refractivity contribution in [1.82, 2.24) is 0 Å². The number of methoxy groups -OCH3 is 1. The number of nitrogens with one attached hydrogen (secondary N) is 1. The molecule has 0 saturated heterocycles. The molecule has 1 atom stereocenters. The molecule has 1 aromatic heterocycles. The van der Waals surface area contributed by atoms with Crippen molar-refractivity contribution in [3.8, 4) is 22.6 Å². The molecule has 182 valence electrons. The molecule has 0 radical (unpaired) electrons. The summed E-state index contributed by atoms with van der Waals surface area (Å²) in [6.07, 6.45) is 0. The van der Waals surface area contributed by atoms with Gasteiger partial charge in [-0.15, -0.1) is 11.3 Å². The molecule has 2 aromatic carbocycles. The van der Waals surface area contributed by atoms with Crippen molar-refractivity contribution in [2.24, 2.45) is 0 Å². The quantitative estimate of drug-likeness (QED) is 0.377. The number of fused-ring (bicyclic) bond motifs is 1. The third-order valence-electron chi connectivity index (χ3n) is 5.77. The van der Waals surface area contributed by atoms with Crippen LogP contribution in [-0.2, 0) is 14.3 Å². The number of esters is 1. The van der Waals surface area contributed by atoms with Gasteiger partial charge in [-0.2, -0.15) is 0 Å². The summed E-state index contributed by atoms with van der Waals surface area (Å²) >= 11 is 1.18. The van der Waals surface area contributed by atoms with E-state index in [1.54, 1.807) is 55.8 Å². The van der Waals surface area contributed by atoms with Gasteiger partial charge in [0.05, 0.1) is 19.4 Å². The number of ether oxygens (including phenoxy) is 3. The number of carbonyl (C=O) groups excluding carboxylic acids is 3. The van der Waals surface area contributed by atoms with Crippen LogP contribution in [0.2, 0.25) is 0 Å². The predicted molar refractivity (Wildman–Crippen MR) is 134 cm³/mol. The molecule has 0 saturated carbocycles. The smallest absolute Gasteiger partial charge is 0.341 e. The molecule has 35 heavy (non-hydrogen) atoms. The van der Waals surface area contributed by atoms with Gasteiger partial charge in [0, 0.05) is 17.5 Å². The summed E-state index contributed by atoms with van der Waals surface area (Å²) in [6, 6.07) is 14.3. The zero-order chi connectivity index (χ0) is 25.2. The number of para-hydroxylation sites is 2. The number of hydrogen-bond donors (Lipinski definition) is 1. The lowest BCUT2D eigenvalue weighted by atomic mass is 9.99. The minimum atomic E-state index is -1.82. The van der Waals surface area contributed by atoms with E-state index in [4.69, 9.17) is 14.2 Å². The predicted octanol–water partition coefficient (Wildman–Crippen LogP) is 4.74. The van der Waals surface area contributed by atoms with Crippen LogP contribution in [0, 0.1) is 0 Å². The Bertz CT molecular complexity index is 1270. The Labute approximate surface area is 207 Å². The highest BCUT2D eigenvalue weighted by Crippen LogP contribution is 2.40. The van der Waals surface area contributed by atoms with Gasteiger partial charge >= 0.3 is 5.97 Å². The Morgan fingerprint density at radius 1 is 1.11 bits per heavy atom. The lowest BCUT2D eigenvalue weighted by Crippen LogP contribution is -2.60. The molecule has 8 nitrogen and oxygen atoms in total. The number of thiophene rings is 1. The van der Waals surface area contributed by atoms with Crippen LogP contribution >= 0.6 is 11.3 Å². The van der Waals surface area contributed by atoms with Crippen LogP contribution in [0.5, 0.6) is 11.5 Å². The van der Waals surface area contributed by atoms with Crippen LogP contribution in [-0.4, -0.2) is 43.6 Å². The highest BCUT2D eigenvalue weighted by molar-refractivity contribution is 7.15. The molecule has 0 aliphatic carbocycles. The van der Waals surface area contributed by atoms with E-state index in [-0.39, 0.29) is 17.2 Å². The van der Waals surface area contributed by atoms with Gasteiger partial charge in [-0.3, -0.25) is 9.59 Å². The van der Waals surface area contributed by atoms with Gasteiger partial charge in [-0.05, 0) is 50.6 Å². The van der Waals surface area contributed by atoms with Crippen LogP contribution < -0.4 is 19.7 Å². The monoisotopic (exact) mass is 494 g/mol. The Balaban J connectivity index is 1.70. The topological polar surface area (TPSA) is 94.2 Å². The molecule has 1 N–H and O–H groups in total. The van der Waals surface area contributed by atoms with E-state index in [1.807, 2.05) is 19.1 Å². The number of rotatable bonds is 7. The normalized spacial score (nSPS) is 16.8. The molecule has 2 heterocycles. The Kier molecular flexibility index (Phi) is 6.79. The Morgan fingerprint density at radius 2 is 1.83 bits per heavy atom. The van der Waals surface area contributed by atoms with Gasteiger partial charge < -0.3 is 24.4 Å². The van der Waals surface area contributed by atoms with Crippen LogP contribution in [0.3, 0.4) is 0 Å². The summed E-state index contributed by atoms with van der Waals surface area (Å²) < 4.78 is 16.4. The fraction of sp³-hybridized carbons (Fsp3) is 0.269. The largest absolute Gasteiger partial charge is 0.497 e. The SMILES string of the molecule is CCOC(=O)c1c(-c2ccc(OC)cc2)csc1NC(=O)C1(C)Oc2ccccc2N(CC)C1=O. The summed E-state index contributed by atoms with van der Waals surface area (Å²) in [5, 5.41) is 4.80. The third kappa shape index (κ3) is 4.35. The van der Waals surface area contributed by atoms with Crippen molar-refractivity contribution in [2.45, 2.75) is 26.4 Å². The average Bonchev–Trinajstić information content (AvgIpc) is 3.28. The minimum Gasteiger partial charge on any atom is -0.497 e. The van der Waals surface area contributed by atoms with Crippen molar-refractivity contribution >= 4 is 39.8 Å². The lowest BCUT2D eigenvalue weighted by Gasteiger charge is -2.39. The highest BCUT2D eigenvalue weighted by atomic mass is 32.1. The molecule has 0 bridgehead atoms. The average molecular weight is 495 g/mol. The van der Waals surface area contributed by atoms with E-state index >= 15 is 0 Å². The number of hydrogen-bond acceptors (Lipinski definition) is 7. The molecule has 3 aromatic rings. The van der Waals surface area contributed by atoms with Crippen LogP contribution in [0.15, 0.2) is 53.9 Å². The first-order valence-electron chi connectivity index (χ1n) is 11.2. The van der Waals surface area contributed by atoms with Gasteiger partial charge in [-0.25, -0.2) is 4.79 Å². The van der Waals surface area contributed by atoms with Crippen molar-refractivity contribution in [2.75, 3.05) is 30.5 Å². The van der Waals surface area contributed by atoms with E-state index in [9.17, 15) is 14.4 Å². The van der Waals surface area contributed by atoms with E-state index < -0.39 is 23.4 Å². The molecule has 2 amide bonds. The van der Waals surface area contributed by atoms with Gasteiger partial charge in [-0.1, -0.05) is 24.3 Å². The van der Waals surface area contributed by atoms with Gasteiger partial charge in [0.25, 0.3) is 17.4 Å². The lowest BCUT2D eigenvalue weighted by molar-refractivity contribution is -0.145. The van der Waals surface area contributed by atoms with Crippen molar-refractivity contribution in [3.05, 3.63) is 59.5 Å². The summed E-state index contributed by atoms with van der Waals surface area (Å²) in [5.41, 5.74) is 0.367. The summed E-state index contributed by atoms with van der Waals surface area (Å²) in [5.74, 6) is -0.624. The first kappa shape index (κ1) is 24.3. The number of carbonyl (C=O) groups is 3. The standard InChI is InChI=1S/C26H26N2O6S/c1-5-28-19-9-7-8-10-20(19)34-26(3,25(28)31)24(30)27-22-21(23(29)33-6-2)18(15-35-22)16-11-13-17(32-4)14-12-16/h7-15H,5-6H2,1-4H3,(H,27,30). The summed E-state index contributed by atoms with van der Waals surface area (Å²) in [4.78, 5) is 41.2. The molecule has 1 unspecified atom stereocenters. The molecular formula is C26H26N2O6S. The van der Waals surface area contributed by atoms with Crippen molar-refractivity contribution in [1.29, 1.82) is 0 Å². The third-order valence-corrected chi connectivity index (χ3v) is 6.67. The second-order valence-electron chi connectivity index (χ2n) is 7.91. The van der Waals surface area contributed by atoms with Gasteiger partial charge in [0.2, 0.25) is 0 Å². The first-order chi connectivity index (χ1) is 16.8. The highest BCUT2D eigenvalue weighted by Gasteiger charge is 2.50. The van der Waals surface area contributed by atoms with E-state index in [0.717, 1.165) is 5.56 Å². The van der Waals surface area contributed by atoms with Gasteiger partial charge in [0.1, 0.15) is 22.1 Å². The van der Waals surface area contributed by atoms with E-state index in [0.29, 0.717) is 29.3 Å². The fourth-order valence-electron chi connectivity index (χ4n) is 3.92. The fourth-order valence-corrected chi connectivity index (χ4v) is 4.87. The number of anilines is 2. The molecule has 1 aliphatic heterocycles. The summed E-state index contributed by atoms with van der Waals surface area (Å²) in [6.45, 7) is 5.52. The number of benzene rings is 2. The van der Waals surface area contributed by atoms with Crippen molar-refractivity contribution < 1.29 is 28.6 Å². The zero-order valence-electron chi connectivity index (χ0n) is 19.9. The number of likely N-dealkylation sites (N-methyl/N-ethyl adjacent to an activating group) is 1. The van der Waals surface area contributed by atoms with Crippen molar-refractivity contribution in [3.63, 3.8) is 0 Å². The van der Waals surface area contributed by atoms with Crippen LogP contribution in [0.1, 0.15) is 31.1 Å². The minimum absolute atomic E-state index is 0.172. The second kappa shape index (κ2) is 9.79. The molecule has 9 heteroatoms. The van der Waals surface area contributed by atoms with Crippen LogP contribution in [0.25, 0.3) is 11.1 Å². The number of amides is 2.